The Morgan fingerprint density at radius 2 is 1.62 bits per heavy atom. The maximum Gasteiger partial charge on any atom is 0.153 e. The lowest BCUT2D eigenvalue weighted by Gasteiger charge is -2.10. The summed E-state index contributed by atoms with van der Waals surface area (Å²) in [5.41, 5.74) is 12.8. The number of H-pyrrole nitrogens is 1. The van der Waals surface area contributed by atoms with E-state index < -0.39 is 0 Å². The molecule has 1 aromatic heterocycles. The van der Waals surface area contributed by atoms with E-state index in [0.29, 0.717) is 5.82 Å². The zero-order chi connectivity index (χ0) is 15.0. The smallest absolute Gasteiger partial charge is 0.153 e. The fourth-order valence-corrected chi connectivity index (χ4v) is 3.15. The van der Waals surface area contributed by atoms with E-state index in [4.69, 9.17) is 5.73 Å². The molecule has 4 heteroatoms. The Bertz CT molecular complexity index is 806. The molecule has 3 aromatic rings. The highest BCUT2D eigenvalue weighted by atomic mass is 127. The lowest BCUT2D eigenvalue weighted by molar-refractivity contribution is 1.10. The number of benzene rings is 2. The number of nitrogens with one attached hydrogen (secondary N) is 1. The molecule has 3 nitrogen and oxygen atoms in total. The van der Waals surface area contributed by atoms with Crippen molar-refractivity contribution in [2.24, 2.45) is 0 Å². The van der Waals surface area contributed by atoms with Gasteiger partial charge in [0.15, 0.2) is 5.82 Å². The molecule has 3 rings (SSSR count). The van der Waals surface area contributed by atoms with Gasteiger partial charge in [-0.25, -0.2) is 0 Å². The van der Waals surface area contributed by atoms with Crippen LogP contribution in [0.15, 0.2) is 42.5 Å². The van der Waals surface area contributed by atoms with Crippen molar-refractivity contribution in [3.8, 4) is 22.4 Å². The van der Waals surface area contributed by atoms with Crippen molar-refractivity contribution in [3.05, 3.63) is 57.2 Å². The van der Waals surface area contributed by atoms with E-state index in [2.05, 4.69) is 77.0 Å². The standard InChI is InChI=1S/C17H16IN3/c1-10-6-3-4-8-12(10)14-16(20-21-17(14)19)13-9-5-7-11(2)15(13)18/h3-9H,1-2H3,(H3,19,20,21). The summed E-state index contributed by atoms with van der Waals surface area (Å²) in [5, 5.41) is 7.33. The number of rotatable bonds is 2. The number of aromatic amines is 1. The summed E-state index contributed by atoms with van der Waals surface area (Å²) < 4.78 is 1.22. The molecule has 0 amide bonds. The maximum absolute atomic E-state index is 6.12. The first kappa shape index (κ1) is 14.1. The van der Waals surface area contributed by atoms with Crippen LogP contribution in [-0.4, -0.2) is 10.2 Å². The normalized spacial score (nSPS) is 10.8. The Morgan fingerprint density at radius 1 is 0.952 bits per heavy atom. The lowest BCUT2D eigenvalue weighted by atomic mass is 9.96. The minimum Gasteiger partial charge on any atom is -0.382 e. The molecule has 0 spiro atoms. The third-order valence-electron chi connectivity index (χ3n) is 3.67. The molecule has 0 saturated carbocycles. The molecule has 3 N–H and O–H groups in total. The molecule has 106 valence electrons. The van der Waals surface area contributed by atoms with Crippen molar-refractivity contribution < 1.29 is 0 Å². The molecule has 0 saturated heterocycles. The number of aryl methyl sites for hydroxylation is 2. The second-order valence-electron chi connectivity index (χ2n) is 5.11. The molecule has 0 unspecified atom stereocenters. The van der Waals surface area contributed by atoms with Gasteiger partial charge in [-0.1, -0.05) is 42.5 Å². The molecular formula is C17H16IN3. The number of hydrogen-bond donors (Lipinski definition) is 2. The minimum atomic E-state index is 0.539. The van der Waals surface area contributed by atoms with Crippen LogP contribution in [0.3, 0.4) is 0 Å². The van der Waals surface area contributed by atoms with Crippen LogP contribution in [0.5, 0.6) is 0 Å². The van der Waals surface area contributed by atoms with Crippen molar-refractivity contribution in [2.75, 3.05) is 5.73 Å². The number of nitrogens with zero attached hydrogens (tertiary/aromatic N) is 1. The largest absolute Gasteiger partial charge is 0.382 e. The molecular weight excluding hydrogens is 373 g/mol. The fraction of sp³-hybridized carbons (Fsp3) is 0.118. The SMILES string of the molecule is Cc1ccccc1-c1c(N)n[nH]c1-c1cccc(C)c1I. The van der Waals surface area contributed by atoms with E-state index in [1.54, 1.807) is 0 Å². The predicted molar refractivity (Wildman–Crippen MR) is 96.1 cm³/mol. The lowest BCUT2D eigenvalue weighted by Crippen LogP contribution is -1.92. The van der Waals surface area contributed by atoms with E-state index >= 15 is 0 Å². The third-order valence-corrected chi connectivity index (χ3v) is 5.10. The summed E-state index contributed by atoms with van der Waals surface area (Å²) in [6.45, 7) is 4.20. The minimum absolute atomic E-state index is 0.539. The van der Waals surface area contributed by atoms with Gasteiger partial charge in [0.1, 0.15) is 0 Å². The van der Waals surface area contributed by atoms with Gasteiger partial charge < -0.3 is 5.73 Å². The number of halogens is 1. The van der Waals surface area contributed by atoms with Gasteiger partial charge in [0, 0.05) is 9.13 Å². The van der Waals surface area contributed by atoms with Crippen LogP contribution in [0.25, 0.3) is 22.4 Å². The molecule has 0 aliphatic heterocycles. The van der Waals surface area contributed by atoms with Gasteiger partial charge in [-0.05, 0) is 53.1 Å². The van der Waals surface area contributed by atoms with Crippen LogP contribution in [0.4, 0.5) is 5.82 Å². The van der Waals surface area contributed by atoms with Crippen LogP contribution in [0, 0.1) is 17.4 Å². The second-order valence-corrected chi connectivity index (χ2v) is 6.19. The van der Waals surface area contributed by atoms with E-state index in [-0.39, 0.29) is 0 Å². The molecule has 21 heavy (non-hydrogen) atoms. The molecule has 0 fully saturated rings. The summed E-state index contributed by atoms with van der Waals surface area (Å²) in [7, 11) is 0. The van der Waals surface area contributed by atoms with Crippen molar-refractivity contribution in [1.29, 1.82) is 0 Å². The van der Waals surface area contributed by atoms with Gasteiger partial charge in [0.2, 0.25) is 0 Å². The molecule has 0 aliphatic rings. The van der Waals surface area contributed by atoms with Gasteiger partial charge in [-0.2, -0.15) is 5.10 Å². The van der Waals surface area contributed by atoms with E-state index in [1.807, 2.05) is 12.1 Å². The predicted octanol–water partition coefficient (Wildman–Crippen LogP) is 4.55. The quantitative estimate of drug-likeness (QED) is 0.632. The number of anilines is 1. The van der Waals surface area contributed by atoms with Crippen molar-refractivity contribution >= 4 is 28.4 Å². The van der Waals surface area contributed by atoms with Crippen LogP contribution in [-0.2, 0) is 0 Å². The molecule has 0 radical (unpaired) electrons. The Balaban J connectivity index is 2.28. The van der Waals surface area contributed by atoms with Gasteiger partial charge >= 0.3 is 0 Å². The fourth-order valence-electron chi connectivity index (χ4n) is 2.52. The number of nitrogens with two attached hydrogens (primary N) is 1. The highest BCUT2D eigenvalue weighted by molar-refractivity contribution is 14.1. The zero-order valence-corrected chi connectivity index (χ0v) is 14.1. The zero-order valence-electron chi connectivity index (χ0n) is 11.9. The number of aromatic nitrogens is 2. The maximum atomic E-state index is 6.12. The first-order valence-corrected chi connectivity index (χ1v) is 7.82. The van der Waals surface area contributed by atoms with Crippen LogP contribution in [0.2, 0.25) is 0 Å². The summed E-state index contributed by atoms with van der Waals surface area (Å²) in [6, 6.07) is 14.5. The van der Waals surface area contributed by atoms with Crippen molar-refractivity contribution in [2.45, 2.75) is 13.8 Å². The van der Waals surface area contributed by atoms with Gasteiger partial charge in [0.25, 0.3) is 0 Å². The Labute approximate surface area is 137 Å². The topological polar surface area (TPSA) is 54.7 Å². The second kappa shape index (κ2) is 5.52. The highest BCUT2D eigenvalue weighted by Crippen LogP contribution is 2.38. The Hall–Kier alpha value is -1.82. The van der Waals surface area contributed by atoms with Crippen molar-refractivity contribution in [3.63, 3.8) is 0 Å². The Morgan fingerprint density at radius 3 is 2.38 bits per heavy atom. The monoisotopic (exact) mass is 389 g/mol. The summed E-state index contributed by atoms with van der Waals surface area (Å²) in [5.74, 6) is 0.539. The average molecular weight is 389 g/mol. The summed E-state index contributed by atoms with van der Waals surface area (Å²) in [6.07, 6.45) is 0. The van der Waals surface area contributed by atoms with Gasteiger partial charge in [-0.15, -0.1) is 0 Å². The van der Waals surface area contributed by atoms with E-state index in [9.17, 15) is 0 Å². The molecule has 0 bridgehead atoms. The van der Waals surface area contributed by atoms with E-state index in [0.717, 1.165) is 22.4 Å². The number of hydrogen-bond acceptors (Lipinski definition) is 2. The first-order chi connectivity index (χ1) is 10.1. The number of nitrogen functional groups attached to an aromatic ring is 1. The van der Waals surface area contributed by atoms with Crippen molar-refractivity contribution in [1.82, 2.24) is 10.2 Å². The van der Waals surface area contributed by atoms with Gasteiger partial charge in [-0.3, -0.25) is 5.10 Å². The molecule has 0 atom stereocenters. The first-order valence-electron chi connectivity index (χ1n) is 6.75. The van der Waals surface area contributed by atoms with Crippen LogP contribution < -0.4 is 5.73 Å². The summed E-state index contributed by atoms with van der Waals surface area (Å²) in [4.78, 5) is 0. The third kappa shape index (κ3) is 2.44. The summed E-state index contributed by atoms with van der Waals surface area (Å²) >= 11 is 2.37. The Kier molecular flexibility index (Phi) is 3.71. The van der Waals surface area contributed by atoms with Crippen LogP contribution >= 0.6 is 22.6 Å². The molecule has 1 heterocycles. The average Bonchev–Trinajstić information content (AvgIpc) is 2.84. The van der Waals surface area contributed by atoms with Gasteiger partial charge in [0.05, 0.1) is 11.3 Å². The van der Waals surface area contributed by atoms with Crippen LogP contribution in [0.1, 0.15) is 11.1 Å². The molecule has 2 aromatic carbocycles. The molecule has 0 aliphatic carbocycles. The van der Waals surface area contributed by atoms with E-state index in [1.165, 1.54) is 14.7 Å². The highest BCUT2D eigenvalue weighted by Gasteiger charge is 2.18.